The number of carbonyl (C=O) groups excluding carboxylic acids is 1. The predicted octanol–water partition coefficient (Wildman–Crippen LogP) is 4.34. The van der Waals surface area contributed by atoms with Crippen molar-refractivity contribution in [1.82, 2.24) is 4.90 Å². The molecule has 0 aromatic rings. The van der Waals surface area contributed by atoms with Crippen LogP contribution < -0.4 is 0 Å². The van der Waals surface area contributed by atoms with Gasteiger partial charge in [0.1, 0.15) is 11.8 Å². The third-order valence-electron chi connectivity index (χ3n) is 5.52. The second-order valence-electron chi connectivity index (χ2n) is 8.66. The second kappa shape index (κ2) is 7.61. The van der Waals surface area contributed by atoms with E-state index in [1.54, 1.807) is 14.2 Å². The van der Waals surface area contributed by atoms with Crippen molar-refractivity contribution in [3.8, 4) is 0 Å². The molecule has 2 fully saturated rings. The van der Waals surface area contributed by atoms with Crippen molar-refractivity contribution in [3.63, 3.8) is 0 Å². The summed E-state index contributed by atoms with van der Waals surface area (Å²) in [7, 11) is 3.48. The smallest absolute Gasteiger partial charge is 0.412 e. The lowest BCUT2D eigenvalue weighted by atomic mass is 9.78. The standard InChI is InChI=1S/C19H35NO4/c1-18(2,3)24-17(21)20-16(23-6)11-12-19(20,4)13-14-7-9-15(22-5)10-8-14/h14-16H,7-13H2,1-6H3/t14?,15?,16-,19?/m0/s1. The largest absolute Gasteiger partial charge is 0.444 e. The zero-order valence-electron chi connectivity index (χ0n) is 16.3. The molecule has 0 bridgehead atoms. The number of amides is 1. The summed E-state index contributed by atoms with van der Waals surface area (Å²) in [6, 6.07) is 0. The molecule has 1 amide bonds. The Kier molecular flexibility index (Phi) is 6.19. The number of carbonyl (C=O) groups is 1. The predicted molar refractivity (Wildman–Crippen MR) is 93.9 cm³/mol. The van der Waals surface area contributed by atoms with Gasteiger partial charge in [-0.2, -0.15) is 0 Å². The SMILES string of the molecule is COC1CCC(CC2(C)CC[C@H](OC)N2C(=O)OC(C)(C)C)CC1. The van der Waals surface area contributed by atoms with Crippen LogP contribution in [0.15, 0.2) is 0 Å². The minimum atomic E-state index is -0.491. The average molecular weight is 341 g/mol. The number of rotatable bonds is 4. The maximum absolute atomic E-state index is 12.8. The molecule has 140 valence electrons. The van der Waals surface area contributed by atoms with Gasteiger partial charge in [-0.25, -0.2) is 4.79 Å². The highest BCUT2D eigenvalue weighted by Crippen LogP contribution is 2.42. The van der Waals surface area contributed by atoms with Gasteiger partial charge in [-0.1, -0.05) is 0 Å². The van der Waals surface area contributed by atoms with Crippen LogP contribution in [0.25, 0.3) is 0 Å². The number of nitrogens with zero attached hydrogens (tertiary/aromatic N) is 1. The van der Waals surface area contributed by atoms with Crippen LogP contribution in [-0.4, -0.2) is 48.7 Å². The maximum atomic E-state index is 12.8. The molecule has 1 saturated carbocycles. The van der Waals surface area contributed by atoms with E-state index < -0.39 is 5.60 Å². The fourth-order valence-electron chi connectivity index (χ4n) is 4.30. The molecular weight excluding hydrogens is 306 g/mol. The molecule has 5 nitrogen and oxygen atoms in total. The summed E-state index contributed by atoms with van der Waals surface area (Å²) in [5.41, 5.74) is -0.678. The zero-order valence-corrected chi connectivity index (χ0v) is 16.3. The Labute approximate surface area is 147 Å². The lowest BCUT2D eigenvalue weighted by Gasteiger charge is -2.41. The van der Waals surface area contributed by atoms with Crippen molar-refractivity contribution in [2.75, 3.05) is 14.2 Å². The fourth-order valence-corrected chi connectivity index (χ4v) is 4.30. The summed E-state index contributed by atoms with van der Waals surface area (Å²) in [6.07, 6.45) is 7.43. The van der Waals surface area contributed by atoms with Gasteiger partial charge >= 0.3 is 6.09 Å². The van der Waals surface area contributed by atoms with Crippen LogP contribution >= 0.6 is 0 Å². The van der Waals surface area contributed by atoms with E-state index in [0.717, 1.165) is 32.1 Å². The van der Waals surface area contributed by atoms with Gasteiger partial charge in [-0.05, 0) is 78.6 Å². The van der Waals surface area contributed by atoms with Gasteiger partial charge < -0.3 is 14.2 Å². The number of likely N-dealkylation sites (tertiary alicyclic amines) is 1. The number of hydrogen-bond acceptors (Lipinski definition) is 4. The van der Waals surface area contributed by atoms with Crippen LogP contribution in [-0.2, 0) is 14.2 Å². The molecule has 1 saturated heterocycles. The first-order chi connectivity index (χ1) is 11.2. The lowest BCUT2D eigenvalue weighted by Crippen LogP contribution is -2.52. The molecule has 0 aromatic heterocycles. The minimum absolute atomic E-state index is 0.180. The Bertz CT molecular complexity index is 426. The third-order valence-corrected chi connectivity index (χ3v) is 5.52. The van der Waals surface area contributed by atoms with Crippen LogP contribution in [0.4, 0.5) is 4.79 Å². The highest BCUT2D eigenvalue weighted by Gasteiger charge is 2.48. The monoisotopic (exact) mass is 341 g/mol. The molecule has 1 unspecified atom stereocenters. The van der Waals surface area contributed by atoms with Crippen LogP contribution in [0.2, 0.25) is 0 Å². The first-order valence-corrected chi connectivity index (χ1v) is 9.26. The van der Waals surface area contributed by atoms with E-state index in [4.69, 9.17) is 14.2 Å². The Morgan fingerprint density at radius 3 is 2.21 bits per heavy atom. The van der Waals surface area contributed by atoms with E-state index in [1.165, 1.54) is 12.8 Å². The third kappa shape index (κ3) is 4.63. The molecule has 24 heavy (non-hydrogen) atoms. The number of ether oxygens (including phenoxy) is 3. The van der Waals surface area contributed by atoms with Crippen molar-refractivity contribution in [2.24, 2.45) is 5.92 Å². The summed E-state index contributed by atoms with van der Waals surface area (Å²) in [4.78, 5) is 14.7. The van der Waals surface area contributed by atoms with Crippen molar-refractivity contribution in [3.05, 3.63) is 0 Å². The van der Waals surface area contributed by atoms with Gasteiger partial charge in [0, 0.05) is 19.8 Å². The minimum Gasteiger partial charge on any atom is -0.444 e. The van der Waals surface area contributed by atoms with Crippen LogP contribution in [0.5, 0.6) is 0 Å². The van der Waals surface area contributed by atoms with Crippen molar-refractivity contribution >= 4 is 6.09 Å². The van der Waals surface area contributed by atoms with Crippen LogP contribution in [0.3, 0.4) is 0 Å². The molecule has 2 aliphatic rings. The first-order valence-electron chi connectivity index (χ1n) is 9.26. The van der Waals surface area contributed by atoms with Crippen LogP contribution in [0.1, 0.15) is 72.6 Å². The Hall–Kier alpha value is -0.810. The van der Waals surface area contributed by atoms with E-state index >= 15 is 0 Å². The molecule has 0 radical (unpaired) electrons. The van der Waals surface area contributed by atoms with E-state index in [2.05, 4.69) is 6.92 Å². The topological polar surface area (TPSA) is 48.0 Å². The van der Waals surface area contributed by atoms with E-state index in [0.29, 0.717) is 12.0 Å². The van der Waals surface area contributed by atoms with E-state index in [9.17, 15) is 4.79 Å². The molecule has 0 spiro atoms. The Balaban J connectivity index is 2.06. The zero-order chi connectivity index (χ0) is 18.0. The summed E-state index contributed by atoms with van der Waals surface area (Å²) >= 11 is 0. The van der Waals surface area contributed by atoms with Crippen molar-refractivity contribution in [2.45, 2.75) is 96.1 Å². The molecule has 5 heteroatoms. The van der Waals surface area contributed by atoms with Gasteiger partial charge in [0.2, 0.25) is 0 Å². The summed E-state index contributed by atoms with van der Waals surface area (Å²) in [5, 5.41) is 0. The molecule has 2 rings (SSSR count). The quantitative estimate of drug-likeness (QED) is 0.763. The second-order valence-corrected chi connectivity index (χ2v) is 8.66. The molecule has 1 aliphatic heterocycles. The highest BCUT2D eigenvalue weighted by molar-refractivity contribution is 5.70. The lowest BCUT2D eigenvalue weighted by molar-refractivity contribution is -0.0639. The first kappa shape index (κ1) is 19.5. The van der Waals surface area contributed by atoms with Gasteiger partial charge in [0.25, 0.3) is 0 Å². The summed E-state index contributed by atoms with van der Waals surface area (Å²) in [6.45, 7) is 7.92. The molecule has 2 atom stereocenters. The number of methoxy groups -OCH3 is 2. The Morgan fingerprint density at radius 1 is 1.08 bits per heavy atom. The molecule has 0 aromatic carbocycles. The summed E-state index contributed by atoms with van der Waals surface area (Å²) in [5.74, 6) is 0.641. The molecule has 1 heterocycles. The molecule has 1 aliphatic carbocycles. The van der Waals surface area contributed by atoms with Gasteiger partial charge in [-0.3, -0.25) is 4.90 Å². The molecular formula is C19H35NO4. The van der Waals surface area contributed by atoms with Crippen molar-refractivity contribution < 1.29 is 19.0 Å². The average Bonchev–Trinajstić information content (AvgIpc) is 2.83. The fraction of sp³-hybridized carbons (Fsp3) is 0.947. The van der Waals surface area contributed by atoms with Gasteiger partial charge in [0.15, 0.2) is 0 Å². The van der Waals surface area contributed by atoms with Crippen LogP contribution in [0, 0.1) is 5.92 Å². The summed E-state index contributed by atoms with van der Waals surface area (Å²) < 4.78 is 16.7. The number of hydrogen-bond donors (Lipinski definition) is 0. The Morgan fingerprint density at radius 2 is 1.71 bits per heavy atom. The van der Waals surface area contributed by atoms with Gasteiger partial charge in [-0.15, -0.1) is 0 Å². The van der Waals surface area contributed by atoms with Gasteiger partial charge in [0.05, 0.1) is 6.10 Å². The van der Waals surface area contributed by atoms with E-state index in [1.807, 2.05) is 25.7 Å². The van der Waals surface area contributed by atoms with E-state index in [-0.39, 0.29) is 17.9 Å². The van der Waals surface area contributed by atoms with Crippen molar-refractivity contribution in [1.29, 1.82) is 0 Å². The maximum Gasteiger partial charge on any atom is 0.412 e. The highest BCUT2D eigenvalue weighted by atomic mass is 16.6. The molecule has 0 N–H and O–H groups in total. The normalized spacial score (nSPS) is 34.4.